The minimum Gasteiger partial charge on any atom is -0.504 e. The van der Waals surface area contributed by atoms with E-state index < -0.39 is 0 Å². The molecule has 1 amide bonds. The molecule has 0 radical (unpaired) electrons. The number of aromatic hydroxyl groups is 1. The molecule has 0 spiro atoms. The molecule has 0 heterocycles. The van der Waals surface area contributed by atoms with Crippen molar-refractivity contribution in [2.45, 2.75) is 25.8 Å². The number of phenolic OH excluding ortho intramolecular Hbond substituents is 1. The molecule has 2 N–H and O–H groups in total. The fourth-order valence-electron chi connectivity index (χ4n) is 1.51. The lowest BCUT2D eigenvalue weighted by molar-refractivity contribution is 0.0936. The maximum Gasteiger partial charge on any atom is 0.251 e. The van der Waals surface area contributed by atoms with Crippen LogP contribution in [0.2, 0.25) is 0 Å². The van der Waals surface area contributed by atoms with Crippen LogP contribution in [0, 0.1) is 11.3 Å². The van der Waals surface area contributed by atoms with E-state index in [0.717, 1.165) is 0 Å². The molecule has 1 rings (SSSR count). The third-order valence-electron chi connectivity index (χ3n) is 2.61. The summed E-state index contributed by atoms with van der Waals surface area (Å²) in [6, 6.07) is 6.27. The number of benzene rings is 1. The SMILES string of the molecule is CCC(CC#N)NC(=O)c1ccc(OC)c(O)c1. The second-order valence-corrected chi connectivity index (χ2v) is 3.83. The largest absolute Gasteiger partial charge is 0.504 e. The minimum absolute atomic E-state index is 0.0847. The summed E-state index contributed by atoms with van der Waals surface area (Å²) < 4.78 is 4.90. The van der Waals surface area contributed by atoms with Gasteiger partial charge in [-0.25, -0.2) is 0 Å². The standard InChI is InChI=1S/C13H16N2O3/c1-3-10(6-7-14)15-13(17)9-4-5-12(18-2)11(16)8-9/h4-5,8,10,16H,3,6H2,1-2H3,(H,15,17). The molecule has 0 saturated carbocycles. The molecule has 0 aromatic heterocycles. The molecule has 0 bridgehead atoms. The van der Waals surface area contributed by atoms with Crippen LogP contribution in [0.15, 0.2) is 18.2 Å². The van der Waals surface area contributed by atoms with E-state index in [1.165, 1.54) is 19.2 Å². The summed E-state index contributed by atoms with van der Waals surface area (Å²) in [4.78, 5) is 11.9. The highest BCUT2D eigenvalue weighted by atomic mass is 16.5. The monoisotopic (exact) mass is 248 g/mol. The summed E-state index contributed by atoms with van der Waals surface area (Å²) in [6.07, 6.45) is 0.950. The number of carbonyl (C=O) groups excluding carboxylic acids is 1. The van der Waals surface area contributed by atoms with Crippen LogP contribution in [0.1, 0.15) is 30.1 Å². The van der Waals surface area contributed by atoms with Gasteiger partial charge in [-0.3, -0.25) is 4.79 Å². The molecule has 1 aromatic carbocycles. The zero-order valence-electron chi connectivity index (χ0n) is 10.4. The Morgan fingerprint density at radius 1 is 1.61 bits per heavy atom. The third-order valence-corrected chi connectivity index (χ3v) is 2.61. The summed E-state index contributed by atoms with van der Waals surface area (Å²) >= 11 is 0. The molecule has 5 heteroatoms. The van der Waals surface area contributed by atoms with Crippen LogP contribution in [0.25, 0.3) is 0 Å². The molecule has 0 saturated heterocycles. The minimum atomic E-state index is -0.310. The zero-order valence-corrected chi connectivity index (χ0v) is 10.4. The molecule has 5 nitrogen and oxygen atoms in total. The van der Waals surface area contributed by atoms with Gasteiger partial charge in [-0.15, -0.1) is 0 Å². The van der Waals surface area contributed by atoms with Crippen molar-refractivity contribution in [3.05, 3.63) is 23.8 Å². The highest BCUT2D eigenvalue weighted by Crippen LogP contribution is 2.26. The van der Waals surface area contributed by atoms with Gasteiger partial charge < -0.3 is 15.2 Å². The van der Waals surface area contributed by atoms with Crippen LogP contribution >= 0.6 is 0 Å². The van der Waals surface area contributed by atoms with E-state index in [9.17, 15) is 9.90 Å². The van der Waals surface area contributed by atoms with Gasteiger partial charge in [0.05, 0.1) is 19.6 Å². The van der Waals surface area contributed by atoms with Crippen molar-refractivity contribution in [2.24, 2.45) is 0 Å². The van der Waals surface area contributed by atoms with Gasteiger partial charge in [-0.05, 0) is 24.6 Å². The number of methoxy groups -OCH3 is 1. The first-order valence-electron chi connectivity index (χ1n) is 5.67. The number of nitrogens with zero attached hydrogens (tertiary/aromatic N) is 1. The Hall–Kier alpha value is -2.22. The first-order valence-corrected chi connectivity index (χ1v) is 5.67. The van der Waals surface area contributed by atoms with Crippen LogP contribution in [-0.2, 0) is 0 Å². The molecular weight excluding hydrogens is 232 g/mol. The molecule has 1 unspecified atom stereocenters. The molecule has 0 aliphatic rings. The Bertz CT molecular complexity index is 466. The number of ether oxygens (including phenoxy) is 1. The van der Waals surface area contributed by atoms with Crippen molar-refractivity contribution >= 4 is 5.91 Å². The van der Waals surface area contributed by atoms with Crippen molar-refractivity contribution in [1.82, 2.24) is 5.32 Å². The van der Waals surface area contributed by atoms with Crippen LogP contribution < -0.4 is 10.1 Å². The quantitative estimate of drug-likeness (QED) is 0.832. The smallest absolute Gasteiger partial charge is 0.251 e. The average molecular weight is 248 g/mol. The average Bonchev–Trinajstić information content (AvgIpc) is 2.37. The lowest BCUT2D eigenvalue weighted by Gasteiger charge is -2.14. The number of rotatable bonds is 5. The van der Waals surface area contributed by atoms with Crippen molar-refractivity contribution in [3.8, 4) is 17.6 Å². The number of amides is 1. The normalized spacial score (nSPS) is 11.4. The van der Waals surface area contributed by atoms with Gasteiger partial charge in [0.25, 0.3) is 5.91 Å². The summed E-state index contributed by atoms with van der Waals surface area (Å²) in [7, 11) is 1.44. The molecular formula is C13H16N2O3. The summed E-state index contributed by atoms with van der Waals surface area (Å²) in [5.41, 5.74) is 0.338. The van der Waals surface area contributed by atoms with Gasteiger partial charge in [0.15, 0.2) is 11.5 Å². The van der Waals surface area contributed by atoms with Gasteiger partial charge >= 0.3 is 0 Å². The maximum absolute atomic E-state index is 11.9. The van der Waals surface area contributed by atoms with E-state index in [2.05, 4.69) is 5.32 Å². The van der Waals surface area contributed by atoms with Crippen LogP contribution in [0.3, 0.4) is 0 Å². The second-order valence-electron chi connectivity index (χ2n) is 3.83. The Labute approximate surface area is 106 Å². The number of carbonyl (C=O) groups is 1. The Morgan fingerprint density at radius 2 is 2.33 bits per heavy atom. The lowest BCUT2D eigenvalue weighted by atomic mass is 10.1. The summed E-state index contributed by atoms with van der Waals surface area (Å²) in [5.74, 6) is -0.0795. The second kappa shape index (κ2) is 6.50. The fraction of sp³-hybridized carbons (Fsp3) is 0.385. The van der Waals surface area contributed by atoms with Gasteiger partial charge in [0.1, 0.15) is 0 Å². The maximum atomic E-state index is 11.9. The molecule has 1 atom stereocenters. The van der Waals surface area contributed by atoms with Gasteiger partial charge in [-0.1, -0.05) is 6.92 Å². The molecule has 0 aliphatic carbocycles. The van der Waals surface area contributed by atoms with E-state index in [0.29, 0.717) is 17.7 Å². The summed E-state index contributed by atoms with van der Waals surface area (Å²) in [5, 5.41) is 20.9. The molecule has 18 heavy (non-hydrogen) atoms. The first-order chi connectivity index (χ1) is 8.62. The van der Waals surface area contributed by atoms with E-state index in [4.69, 9.17) is 10.00 Å². The first kappa shape index (κ1) is 13.8. The molecule has 0 fully saturated rings. The molecule has 0 aliphatic heterocycles. The fourth-order valence-corrected chi connectivity index (χ4v) is 1.51. The van der Waals surface area contributed by atoms with E-state index in [1.54, 1.807) is 6.07 Å². The predicted octanol–water partition coefficient (Wildman–Crippen LogP) is 1.82. The zero-order chi connectivity index (χ0) is 13.5. The van der Waals surface area contributed by atoms with Gasteiger partial charge in [0.2, 0.25) is 0 Å². The van der Waals surface area contributed by atoms with Crippen molar-refractivity contribution < 1.29 is 14.6 Å². The lowest BCUT2D eigenvalue weighted by Crippen LogP contribution is -2.34. The third kappa shape index (κ3) is 3.39. The number of nitrogens with one attached hydrogen (secondary N) is 1. The Balaban J connectivity index is 2.78. The predicted molar refractivity (Wildman–Crippen MR) is 66.4 cm³/mol. The number of hydrogen-bond donors (Lipinski definition) is 2. The Morgan fingerprint density at radius 3 is 2.83 bits per heavy atom. The number of nitriles is 1. The number of hydrogen-bond acceptors (Lipinski definition) is 4. The summed E-state index contributed by atoms with van der Waals surface area (Å²) in [6.45, 7) is 1.90. The van der Waals surface area contributed by atoms with E-state index in [1.807, 2.05) is 13.0 Å². The van der Waals surface area contributed by atoms with Crippen LogP contribution in [0.4, 0.5) is 0 Å². The topological polar surface area (TPSA) is 82.4 Å². The number of phenols is 1. The van der Waals surface area contributed by atoms with Gasteiger partial charge in [0, 0.05) is 11.6 Å². The highest BCUT2D eigenvalue weighted by molar-refractivity contribution is 5.95. The molecule has 96 valence electrons. The van der Waals surface area contributed by atoms with Crippen molar-refractivity contribution in [2.75, 3.05) is 7.11 Å². The highest BCUT2D eigenvalue weighted by Gasteiger charge is 2.13. The van der Waals surface area contributed by atoms with Crippen LogP contribution in [-0.4, -0.2) is 24.2 Å². The van der Waals surface area contributed by atoms with Crippen LogP contribution in [0.5, 0.6) is 11.5 Å². The van der Waals surface area contributed by atoms with Gasteiger partial charge in [-0.2, -0.15) is 5.26 Å². The molecule has 1 aromatic rings. The van der Waals surface area contributed by atoms with E-state index in [-0.39, 0.29) is 24.1 Å². The van der Waals surface area contributed by atoms with Crippen molar-refractivity contribution in [1.29, 1.82) is 5.26 Å². The van der Waals surface area contributed by atoms with Crippen molar-refractivity contribution in [3.63, 3.8) is 0 Å². The Kier molecular flexibility index (Phi) is 5.00. The van der Waals surface area contributed by atoms with E-state index >= 15 is 0 Å².